The van der Waals surface area contributed by atoms with Gasteiger partial charge in [0.1, 0.15) is 23.4 Å². The van der Waals surface area contributed by atoms with E-state index in [4.69, 9.17) is 4.74 Å². The van der Waals surface area contributed by atoms with Crippen molar-refractivity contribution in [3.8, 4) is 17.2 Å². The van der Waals surface area contributed by atoms with Gasteiger partial charge in [-0.25, -0.2) is 0 Å². The second kappa shape index (κ2) is 4.78. The zero-order chi connectivity index (χ0) is 15.3. The first-order valence-corrected chi connectivity index (χ1v) is 7.30. The van der Waals surface area contributed by atoms with Crippen LogP contribution in [0, 0.1) is 5.92 Å². The molecular formula is C18H16O4. The molecule has 4 nitrogen and oxygen atoms in total. The second-order valence-corrected chi connectivity index (χ2v) is 5.84. The number of benzene rings is 2. The van der Waals surface area contributed by atoms with Crippen molar-refractivity contribution in [2.45, 2.75) is 18.6 Å². The van der Waals surface area contributed by atoms with E-state index in [1.807, 2.05) is 18.2 Å². The van der Waals surface area contributed by atoms with Crippen molar-refractivity contribution in [3.05, 3.63) is 59.7 Å². The molecule has 0 aromatic heterocycles. The molecule has 0 fully saturated rings. The molecule has 0 radical (unpaired) electrons. The Balaban J connectivity index is 1.81. The summed E-state index contributed by atoms with van der Waals surface area (Å²) in [5, 5.41) is 29.2. The SMILES string of the molecule is Oc1ccc([C@H]2Oc3ccc(O)cc3C3=C[C@@H](O)C[C@H]32)cc1. The van der Waals surface area contributed by atoms with Gasteiger partial charge in [-0.05, 0) is 47.9 Å². The van der Waals surface area contributed by atoms with Gasteiger partial charge in [-0.15, -0.1) is 0 Å². The molecule has 1 aliphatic carbocycles. The lowest BCUT2D eigenvalue weighted by atomic mass is 9.84. The quantitative estimate of drug-likeness (QED) is 0.756. The van der Waals surface area contributed by atoms with Crippen molar-refractivity contribution in [2.24, 2.45) is 5.92 Å². The highest BCUT2D eigenvalue weighted by molar-refractivity contribution is 5.77. The smallest absolute Gasteiger partial charge is 0.131 e. The number of hydrogen-bond donors (Lipinski definition) is 3. The molecule has 0 bridgehead atoms. The predicted octanol–water partition coefficient (Wildman–Crippen LogP) is 3.00. The Labute approximate surface area is 127 Å². The van der Waals surface area contributed by atoms with Crippen LogP contribution in [0.3, 0.4) is 0 Å². The van der Waals surface area contributed by atoms with Crippen LogP contribution in [0.2, 0.25) is 0 Å². The maximum Gasteiger partial charge on any atom is 0.131 e. The van der Waals surface area contributed by atoms with Crippen LogP contribution in [-0.2, 0) is 0 Å². The molecule has 2 aromatic rings. The minimum Gasteiger partial charge on any atom is -0.508 e. The van der Waals surface area contributed by atoms with Crippen molar-refractivity contribution in [2.75, 3.05) is 0 Å². The van der Waals surface area contributed by atoms with E-state index in [-0.39, 0.29) is 23.5 Å². The summed E-state index contributed by atoms with van der Waals surface area (Å²) in [6.07, 6.45) is 1.73. The van der Waals surface area contributed by atoms with Gasteiger partial charge in [0, 0.05) is 11.5 Å². The van der Waals surface area contributed by atoms with Crippen LogP contribution < -0.4 is 4.74 Å². The largest absolute Gasteiger partial charge is 0.508 e. The van der Waals surface area contributed by atoms with Gasteiger partial charge in [0.25, 0.3) is 0 Å². The molecule has 0 saturated heterocycles. The van der Waals surface area contributed by atoms with Crippen molar-refractivity contribution >= 4 is 5.57 Å². The summed E-state index contributed by atoms with van der Waals surface area (Å²) in [5.41, 5.74) is 2.82. The van der Waals surface area contributed by atoms with E-state index in [0.29, 0.717) is 12.2 Å². The van der Waals surface area contributed by atoms with Gasteiger partial charge in [0.15, 0.2) is 0 Å². The van der Waals surface area contributed by atoms with Gasteiger partial charge in [-0.2, -0.15) is 0 Å². The third-order valence-corrected chi connectivity index (χ3v) is 4.38. The highest BCUT2D eigenvalue weighted by atomic mass is 16.5. The number of rotatable bonds is 1. The fourth-order valence-electron chi connectivity index (χ4n) is 3.39. The number of phenols is 2. The van der Waals surface area contributed by atoms with Crippen LogP contribution in [0.4, 0.5) is 0 Å². The average molecular weight is 296 g/mol. The van der Waals surface area contributed by atoms with Crippen LogP contribution in [0.15, 0.2) is 48.5 Å². The first kappa shape index (κ1) is 13.2. The molecule has 2 aromatic carbocycles. The minimum atomic E-state index is -0.503. The highest BCUT2D eigenvalue weighted by Gasteiger charge is 2.39. The van der Waals surface area contributed by atoms with Gasteiger partial charge in [-0.1, -0.05) is 18.2 Å². The van der Waals surface area contributed by atoms with E-state index in [1.165, 1.54) is 0 Å². The van der Waals surface area contributed by atoms with Crippen molar-refractivity contribution < 1.29 is 20.1 Å². The second-order valence-electron chi connectivity index (χ2n) is 5.84. The summed E-state index contributed by atoms with van der Waals surface area (Å²) in [4.78, 5) is 0. The predicted molar refractivity (Wildman–Crippen MR) is 81.7 cm³/mol. The third-order valence-electron chi connectivity index (χ3n) is 4.38. The number of aromatic hydroxyl groups is 2. The Morgan fingerprint density at radius 2 is 1.68 bits per heavy atom. The summed E-state index contributed by atoms with van der Waals surface area (Å²) in [6, 6.07) is 12.0. The molecule has 2 aliphatic rings. The molecule has 112 valence electrons. The van der Waals surface area contributed by atoms with Crippen LogP contribution in [-0.4, -0.2) is 21.4 Å². The lowest BCUT2D eigenvalue weighted by Crippen LogP contribution is -2.24. The normalized spacial score (nSPS) is 25.9. The minimum absolute atomic E-state index is 0.0360. The van der Waals surface area contributed by atoms with Gasteiger partial charge in [0.2, 0.25) is 0 Å². The molecule has 4 heteroatoms. The summed E-state index contributed by atoms with van der Waals surface area (Å²) in [5.74, 6) is 1.14. The van der Waals surface area contributed by atoms with Crippen LogP contribution in [0.1, 0.15) is 23.7 Å². The standard InChI is InChI=1S/C18H16O4/c19-11-3-1-10(2-4-11)18-16-9-13(21)8-14(16)15-7-12(20)5-6-17(15)22-18/h1-8,13,16,18-21H,9H2/t13-,16-,18-/m1/s1. The summed E-state index contributed by atoms with van der Waals surface area (Å²) >= 11 is 0. The topological polar surface area (TPSA) is 69.9 Å². The Morgan fingerprint density at radius 1 is 0.955 bits per heavy atom. The fourth-order valence-corrected chi connectivity index (χ4v) is 3.39. The third kappa shape index (κ3) is 2.04. The summed E-state index contributed by atoms with van der Waals surface area (Å²) in [7, 11) is 0. The lowest BCUT2D eigenvalue weighted by molar-refractivity contribution is 0.124. The van der Waals surface area contributed by atoms with E-state index in [9.17, 15) is 15.3 Å². The van der Waals surface area contributed by atoms with Crippen LogP contribution >= 0.6 is 0 Å². The van der Waals surface area contributed by atoms with Crippen LogP contribution in [0.5, 0.6) is 17.2 Å². The maximum atomic E-state index is 10.0. The molecule has 22 heavy (non-hydrogen) atoms. The van der Waals surface area contributed by atoms with Crippen molar-refractivity contribution in [1.82, 2.24) is 0 Å². The van der Waals surface area contributed by atoms with Gasteiger partial charge in [0.05, 0.1) is 6.10 Å². The zero-order valence-corrected chi connectivity index (χ0v) is 11.8. The van der Waals surface area contributed by atoms with E-state index >= 15 is 0 Å². The molecule has 0 amide bonds. The molecule has 0 unspecified atom stereocenters. The summed E-state index contributed by atoms with van der Waals surface area (Å²) in [6.45, 7) is 0. The summed E-state index contributed by atoms with van der Waals surface area (Å²) < 4.78 is 6.13. The zero-order valence-electron chi connectivity index (χ0n) is 11.8. The number of phenolic OH excluding ortho intramolecular Hbond substituents is 2. The Morgan fingerprint density at radius 3 is 2.45 bits per heavy atom. The van der Waals surface area contributed by atoms with Gasteiger partial charge >= 0.3 is 0 Å². The van der Waals surface area contributed by atoms with Gasteiger partial charge in [-0.3, -0.25) is 0 Å². The molecule has 3 N–H and O–H groups in total. The van der Waals surface area contributed by atoms with Crippen LogP contribution in [0.25, 0.3) is 5.57 Å². The molecular weight excluding hydrogens is 280 g/mol. The maximum absolute atomic E-state index is 10.0. The highest BCUT2D eigenvalue weighted by Crippen LogP contribution is 2.51. The first-order valence-electron chi connectivity index (χ1n) is 7.30. The Bertz CT molecular complexity index is 748. The Hall–Kier alpha value is -2.46. The van der Waals surface area contributed by atoms with Crippen molar-refractivity contribution in [3.63, 3.8) is 0 Å². The average Bonchev–Trinajstić information content (AvgIpc) is 2.89. The van der Waals surface area contributed by atoms with E-state index in [1.54, 1.807) is 30.3 Å². The number of hydrogen-bond acceptors (Lipinski definition) is 4. The lowest BCUT2D eigenvalue weighted by Gasteiger charge is -2.33. The molecule has 1 aliphatic heterocycles. The van der Waals surface area contributed by atoms with Gasteiger partial charge < -0.3 is 20.1 Å². The van der Waals surface area contributed by atoms with Crippen molar-refractivity contribution in [1.29, 1.82) is 0 Å². The van der Waals surface area contributed by atoms with E-state index in [0.717, 1.165) is 16.7 Å². The molecule has 3 atom stereocenters. The molecule has 1 heterocycles. The van der Waals surface area contributed by atoms with E-state index < -0.39 is 6.10 Å². The molecule has 4 rings (SSSR count). The number of aliphatic hydroxyl groups excluding tert-OH is 1. The monoisotopic (exact) mass is 296 g/mol. The fraction of sp³-hybridized carbons (Fsp3) is 0.222. The number of ether oxygens (including phenoxy) is 1. The molecule has 0 spiro atoms. The van der Waals surface area contributed by atoms with E-state index in [2.05, 4.69) is 0 Å². The first-order chi connectivity index (χ1) is 10.6. The number of aliphatic hydroxyl groups is 1. The number of fused-ring (bicyclic) bond motifs is 3. The molecule has 0 saturated carbocycles. The Kier molecular flexibility index (Phi) is 2.87.